The molecule has 3 fully saturated rings. The van der Waals surface area contributed by atoms with E-state index in [-0.39, 0.29) is 35.5 Å². The number of aliphatic imine (C=N–C) groups is 1. The SMILES string of the molecule is CCN(CC1CCN(C(=NC)NC2C3CCOC3C2(C)C)CC1)C(=O)OC(C)(C)C.I. The van der Waals surface area contributed by atoms with E-state index in [1.165, 1.54) is 0 Å². The zero-order valence-electron chi connectivity index (χ0n) is 20.4. The minimum absolute atomic E-state index is 0. The van der Waals surface area contributed by atoms with E-state index in [4.69, 9.17) is 9.47 Å². The van der Waals surface area contributed by atoms with Gasteiger partial charge in [0.2, 0.25) is 0 Å². The lowest BCUT2D eigenvalue weighted by molar-refractivity contribution is -0.107. The Morgan fingerprint density at radius 3 is 2.45 bits per heavy atom. The Labute approximate surface area is 205 Å². The van der Waals surface area contributed by atoms with Crippen molar-refractivity contribution in [3.63, 3.8) is 0 Å². The fourth-order valence-corrected chi connectivity index (χ4v) is 5.35. The second-order valence-electron chi connectivity index (χ2n) is 10.7. The molecule has 0 radical (unpaired) electrons. The minimum atomic E-state index is -0.454. The number of hydrogen-bond donors (Lipinski definition) is 1. The first kappa shape index (κ1) is 26.5. The number of carbonyl (C=O) groups is 1. The summed E-state index contributed by atoms with van der Waals surface area (Å²) in [5.41, 5.74) is -0.310. The predicted octanol–water partition coefficient (Wildman–Crippen LogP) is 3.96. The van der Waals surface area contributed by atoms with Crippen LogP contribution >= 0.6 is 24.0 Å². The molecule has 0 aromatic heterocycles. The molecule has 3 unspecified atom stereocenters. The molecule has 7 nitrogen and oxygen atoms in total. The van der Waals surface area contributed by atoms with Crippen LogP contribution < -0.4 is 5.32 Å². The molecule has 3 aliphatic rings. The molecule has 0 spiro atoms. The van der Waals surface area contributed by atoms with Gasteiger partial charge in [-0.3, -0.25) is 4.99 Å². The molecule has 8 heteroatoms. The maximum absolute atomic E-state index is 12.4. The van der Waals surface area contributed by atoms with Crippen molar-refractivity contribution in [1.29, 1.82) is 0 Å². The number of guanidine groups is 1. The fourth-order valence-electron chi connectivity index (χ4n) is 5.35. The van der Waals surface area contributed by atoms with Crippen LogP contribution in [0, 0.1) is 17.3 Å². The summed E-state index contributed by atoms with van der Waals surface area (Å²) in [5.74, 6) is 2.11. The van der Waals surface area contributed by atoms with Crippen LogP contribution in [0.5, 0.6) is 0 Å². The van der Waals surface area contributed by atoms with Crippen molar-refractivity contribution in [2.75, 3.05) is 39.8 Å². The number of nitrogens with zero attached hydrogens (tertiary/aromatic N) is 3. The van der Waals surface area contributed by atoms with E-state index in [0.29, 0.717) is 30.5 Å². The van der Waals surface area contributed by atoms with Gasteiger partial charge >= 0.3 is 6.09 Å². The lowest BCUT2D eigenvalue weighted by atomic mass is 9.57. The molecule has 31 heavy (non-hydrogen) atoms. The summed E-state index contributed by atoms with van der Waals surface area (Å²) >= 11 is 0. The highest BCUT2D eigenvalue weighted by Crippen LogP contribution is 2.52. The van der Waals surface area contributed by atoms with Gasteiger partial charge in [-0.1, -0.05) is 13.8 Å². The Morgan fingerprint density at radius 2 is 1.90 bits per heavy atom. The number of likely N-dealkylation sites (tertiary alicyclic amines) is 1. The molecule has 0 aromatic rings. The van der Waals surface area contributed by atoms with Crippen molar-refractivity contribution >= 4 is 36.0 Å². The van der Waals surface area contributed by atoms with E-state index in [1.54, 1.807) is 0 Å². The quantitative estimate of drug-likeness (QED) is 0.326. The summed E-state index contributed by atoms with van der Waals surface area (Å²) in [6.07, 6.45) is 3.44. The van der Waals surface area contributed by atoms with Crippen LogP contribution in [0.4, 0.5) is 4.79 Å². The molecular formula is C23H43IN4O3. The average Bonchev–Trinajstić information content (AvgIpc) is 3.13. The van der Waals surface area contributed by atoms with E-state index < -0.39 is 5.60 Å². The van der Waals surface area contributed by atoms with Gasteiger partial charge in [-0.25, -0.2) is 4.79 Å². The summed E-state index contributed by atoms with van der Waals surface area (Å²) in [6.45, 7) is 16.6. The average molecular weight is 551 g/mol. The lowest BCUT2D eigenvalue weighted by Gasteiger charge is -2.55. The van der Waals surface area contributed by atoms with Crippen LogP contribution in [0.15, 0.2) is 4.99 Å². The third kappa shape index (κ3) is 5.97. The van der Waals surface area contributed by atoms with Gasteiger partial charge in [0.05, 0.1) is 6.10 Å². The second-order valence-corrected chi connectivity index (χ2v) is 10.7. The molecule has 1 saturated carbocycles. The zero-order valence-corrected chi connectivity index (χ0v) is 22.8. The Morgan fingerprint density at radius 1 is 1.26 bits per heavy atom. The van der Waals surface area contributed by atoms with Gasteiger partial charge in [0.25, 0.3) is 0 Å². The summed E-state index contributed by atoms with van der Waals surface area (Å²) in [6, 6.07) is 0.421. The van der Waals surface area contributed by atoms with Gasteiger partial charge in [0, 0.05) is 57.2 Å². The van der Waals surface area contributed by atoms with Gasteiger partial charge in [0.1, 0.15) is 5.60 Å². The number of nitrogens with one attached hydrogen (secondary N) is 1. The summed E-state index contributed by atoms with van der Waals surface area (Å²) in [7, 11) is 1.88. The van der Waals surface area contributed by atoms with E-state index >= 15 is 0 Å². The monoisotopic (exact) mass is 550 g/mol. The molecule has 2 aliphatic heterocycles. The zero-order chi connectivity index (χ0) is 22.1. The number of fused-ring (bicyclic) bond motifs is 1. The standard InChI is InChI=1S/C23H42N4O3.HI/c1-8-26(21(28)30-22(2,3)4)15-16-9-12-27(13-10-16)20(24-7)25-18-17-11-14-29-19(17)23(18,5)6;/h16-19H,8-15H2,1-7H3,(H,24,25);1H. The Kier molecular flexibility index (Phi) is 8.92. The summed E-state index contributed by atoms with van der Waals surface area (Å²) in [5, 5.41) is 3.76. The van der Waals surface area contributed by atoms with Crippen molar-refractivity contribution in [2.45, 2.75) is 78.6 Å². The first-order valence-electron chi connectivity index (χ1n) is 11.6. The third-order valence-electron chi connectivity index (χ3n) is 7.02. The topological polar surface area (TPSA) is 66.4 Å². The first-order valence-corrected chi connectivity index (χ1v) is 11.6. The van der Waals surface area contributed by atoms with Crippen LogP contribution in [0.25, 0.3) is 0 Å². The number of ether oxygens (including phenoxy) is 2. The predicted molar refractivity (Wildman–Crippen MR) is 135 cm³/mol. The van der Waals surface area contributed by atoms with Crippen LogP contribution in [0.3, 0.4) is 0 Å². The van der Waals surface area contributed by atoms with Gasteiger partial charge in [-0.2, -0.15) is 0 Å². The maximum atomic E-state index is 12.4. The van der Waals surface area contributed by atoms with Crippen LogP contribution in [-0.4, -0.2) is 79.4 Å². The number of carbonyl (C=O) groups excluding carboxylic acids is 1. The molecule has 180 valence electrons. The number of piperidine rings is 1. The largest absolute Gasteiger partial charge is 0.444 e. The smallest absolute Gasteiger partial charge is 0.410 e. The van der Waals surface area contributed by atoms with Crippen molar-refractivity contribution in [3.05, 3.63) is 0 Å². The van der Waals surface area contributed by atoms with Gasteiger partial charge < -0.3 is 24.6 Å². The van der Waals surface area contributed by atoms with Gasteiger partial charge in [-0.05, 0) is 52.9 Å². The molecule has 1 amide bonds. The Bertz CT molecular complexity index is 641. The number of amides is 1. The van der Waals surface area contributed by atoms with Crippen molar-refractivity contribution in [3.8, 4) is 0 Å². The number of halogens is 1. The molecular weight excluding hydrogens is 507 g/mol. The molecule has 1 N–H and O–H groups in total. The highest BCUT2D eigenvalue weighted by molar-refractivity contribution is 14.0. The first-order chi connectivity index (χ1) is 14.1. The molecule has 0 aromatic carbocycles. The van der Waals surface area contributed by atoms with Crippen molar-refractivity contribution in [2.24, 2.45) is 22.2 Å². The van der Waals surface area contributed by atoms with Crippen LogP contribution in [0.2, 0.25) is 0 Å². The highest BCUT2D eigenvalue weighted by atomic mass is 127. The number of rotatable bonds is 4. The minimum Gasteiger partial charge on any atom is -0.444 e. The normalized spacial score (nSPS) is 28.3. The van der Waals surface area contributed by atoms with Gasteiger partial charge in [-0.15, -0.1) is 24.0 Å². The second kappa shape index (κ2) is 10.4. The van der Waals surface area contributed by atoms with E-state index in [2.05, 4.69) is 29.1 Å². The van der Waals surface area contributed by atoms with Crippen molar-refractivity contribution < 1.29 is 14.3 Å². The van der Waals surface area contributed by atoms with E-state index in [9.17, 15) is 4.79 Å². The third-order valence-corrected chi connectivity index (χ3v) is 7.02. The fraction of sp³-hybridized carbons (Fsp3) is 0.913. The number of hydrogen-bond acceptors (Lipinski definition) is 4. The van der Waals surface area contributed by atoms with Crippen molar-refractivity contribution in [1.82, 2.24) is 15.1 Å². The molecule has 3 atom stereocenters. The maximum Gasteiger partial charge on any atom is 0.410 e. The van der Waals surface area contributed by atoms with E-state index in [1.807, 2.05) is 39.6 Å². The summed E-state index contributed by atoms with van der Waals surface area (Å²) in [4.78, 5) is 21.3. The molecule has 0 bridgehead atoms. The summed E-state index contributed by atoms with van der Waals surface area (Å²) < 4.78 is 11.5. The van der Waals surface area contributed by atoms with Gasteiger partial charge in [0.15, 0.2) is 5.96 Å². The Balaban J connectivity index is 0.00000341. The molecule has 3 rings (SSSR count). The highest BCUT2D eigenvalue weighted by Gasteiger charge is 2.59. The van der Waals surface area contributed by atoms with E-state index in [0.717, 1.165) is 51.5 Å². The molecule has 2 heterocycles. The lowest BCUT2D eigenvalue weighted by Crippen LogP contribution is -2.68. The Hall–Kier alpha value is -0.770. The molecule has 2 saturated heterocycles. The van der Waals surface area contributed by atoms with Crippen LogP contribution in [0.1, 0.15) is 60.8 Å². The van der Waals surface area contributed by atoms with Crippen LogP contribution in [-0.2, 0) is 9.47 Å². The molecule has 1 aliphatic carbocycles.